The van der Waals surface area contributed by atoms with E-state index in [1.807, 2.05) is 56.6 Å². The quantitative estimate of drug-likeness (QED) is 0.452. The Morgan fingerprint density at radius 2 is 2.00 bits per heavy atom. The van der Waals surface area contributed by atoms with Gasteiger partial charge in [0.15, 0.2) is 0 Å². The molecule has 1 aliphatic heterocycles. The van der Waals surface area contributed by atoms with E-state index < -0.39 is 16.1 Å². The van der Waals surface area contributed by atoms with Crippen molar-refractivity contribution in [1.29, 1.82) is 0 Å². The van der Waals surface area contributed by atoms with Crippen molar-refractivity contribution >= 4 is 10.0 Å². The van der Waals surface area contributed by atoms with Gasteiger partial charge in [0.2, 0.25) is 10.0 Å². The molecule has 1 aliphatic rings. The summed E-state index contributed by atoms with van der Waals surface area (Å²) >= 11 is 0. The summed E-state index contributed by atoms with van der Waals surface area (Å²) in [7, 11) is -0.327. The van der Waals surface area contributed by atoms with Gasteiger partial charge in [-0.15, -0.1) is 0 Å². The highest BCUT2D eigenvalue weighted by Crippen LogP contribution is 2.34. The Balaban J connectivity index is 1.71. The van der Waals surface area contributed by atoms with E-state index in [1.165, 1.54) is 4.31 Å². The lowest BCUT2D eigenvalue weighted by atomic mass is 10.0. The van der Waals surface area contributed by atoms with Crippen LogP contribution in [0.5, 0.6) is 11.5 Å². The SMILES string of the molecule is COc1ccccc1C#Cc1ccc2c(c1)O[C@H](CN(C)Cc1cccnc1)[C@@H](C)CN([C@@H](C)CO)S2(=O)=O. The summed E-state index contributed by atoms with van der Waals surface area (Å²) in [6.45, 7) is 4.87. The fourth-order valence-corrected chi connectivity index (χ4v) is 6.41. The minimum Gasteiger partial charge on any atom is -0.495 e. The van der Waals surface area contributed by atoms with Crippen LogP contribution in [0.4, 0.5) is 0 Å². The number of hydrogen-bond acceptors (Lipinski definition) is 7. The first-order valence-electron chi connectivity index (χ1n) is 12.9. The zero-order chi connectivity index (χ0) is 28.0. The number of fused-ring (bicyclic) bond motifs is 1. The van der Waals surface area contributed by atoms with Gasteiger partial charge in [-0.3, -0.25) is 9.88 Å². The number of sulfonamides is 1. The number of aliphatic hydroxyl groups excluding tert-OH is 1. The first-order valence-corrected chi connectivity index (χ1v) is 14.3. The molecule has 9 heteroatoms. The van der Waals surface area contributed by atoms with E-state index in [4.69, 9.17) is 9.47 Å². The van der Waals surface area contributed by atoms with Gasteiger partial charge in [-0.1, -0.05) is 37.0 Å². The molecule has 0 amide bonds. The van der Waals surface area contributed by atoms with Crippen molar-refractivity contribution in [3.8, 4) is 23.3 Å². The first kappa shape index (κ1) is 28.6. The standard InChI is InChI=1S/C30H35N3O5S/c1-22-18-33(23(2)21-34)39(35,36)30-14-12-24(11-13-26-9-5-6-10-27(26)37-4)16-28(30)38-29(22)20-32(3)19-25-8-7-15-31-17-25/h5-10,12,14-17,22-23,29,34H,18-21H2,1-4H3/t22-,23-,29+/m0/s1. The third-order valence-electron chi connectivity index (χ3n) is 6.78. The lowest BCUT2D eigenvalue weighted by Crippen LogP contribution is -2.49. The largest absolute Gasteiger partial charge is 0.495 e. The van der Waals surface area contributed by atoms with Crippen LogP contribution in [0.15, 0.2) is 71.9 Å². The Hall–Kier alpha value is -3.42. The van der Waals surface area contributed by atoms with Crippen molar-refractivity contribution in [3.63, 3.8) is 0 Å². The molecule has 39 heavy (non-hydrogen) atoms. The minimum atomic E-state index is -3.92. The van der Waals surface area contributed by atoms with Crippen LogP contribution in [0.2, 0.25) is 0 Å². The summed E-state index contributed by atoms with van der Waals surface area (Å²) in [4.78, 5) is 6.40. The highest BCUT2D eigenvalue weighted by molar-refractivity contribution is 7.89. The molecule has 0 saturated carbocycles. The molecule has 2 aromatic carbocycles. The second-order valence-electron chi connectivity index (χ2n) is 9.91. The van der Waals surface area contributed by atoms with E-state index in [1.54, 1.807) is 38.4 Å². The third kappa shape index (κ3) is 6.78. The van der Waals surface area contributed by atoms with Crippen molar-refractivity contribution in [2.45, 2.75) is 37.4 Å². The average molecular weight is 550 g/mol. The second-order valence-corrected chi connectivity index (χ2v) is 11.8. The van der Waals surface area contributed by atoms with Gasteiger partial charge in [-0.25, -0.2) is 8.42 Å². The van der Waals surface area contributed by atoms with Gasteiger partial charge >= 0.3 is 0 Å². The topological polar surface area (TPSA) is 92.2 Å². The van der Waals surface area contributed by atoms with E-state index >= 15 is 0 Å². The zero-order valence-corrected chi connectivity index (χ0v) is 23.6. The highest BCUT2D eigenvalue weighted by Gasteiger charge is 2.38. The Labute approximate surface area is 231 Å². The predicted octanol–water partition coefficient (Wildman–Crippen LogP) is 3.39. The molecule has 0 bridgehead atoms. The van der Waals surface area contributed by atoms with E-state index in [0.29, 0.717) is 24.4 Å². The number of aliphatic hydroxyl groups is 1. The van der Waals surface area contributed by atoms with Crippen molar-refractivity contribution in [1.82, 2.24) is 14.2 Å². The molecule has 1 N–H and O–H groups in total. The van der Waals surface area contributed by atoms with Crippen LogP contribution in [0.3, 0.4) is 0 Å². The fraction of sp³-hybridized carbons (Fsp3) is 0.367. The van der Waals surface area contributed by atoms with Gasteiger partial charge in [-0.05, 0) is 55.9 Å². The number of aromatic nitrogens is 1. The number of methoxy groups -OCH3 is 1. The molecule has 3 aromatic rings. The maximum absolute atomic E-state index is 13.7. The molecule has 0 unspecified atom stereocenters. The van der Waals surface area contributed by atoms with Gasteiger partial charge in [-0.2, -0.15) is 4.31 Å². The first-order chi connectivity index (χ1) is 18.7. The predicted molar refractivity (Wildman–Crippen MR) is 150 cm³/mol. The zero-order valence-electron chi connectivity index (χ0n) is 22.7. The smallest absolute Gasteiger partial charge is 0.247 e. The van der Waals surface area contributed by atoms with Crippen LogP contribution in [0, 0.1) is 17.8 Å². The lowest BCUT2D eigenvalue weighted by Gasteiger charge is -2.37. The average Bonchev–Trinajstić information content (AvgIpc) is 2.94. The van der Waals surface area contributed by atoms with Gasteiger partial charge in [0.1, 0.15) is 22.5 Å². The number of likely N-dealkylation sites (N-methyl/N-ethyl adjacent to an activating group) is 1. The molecule has 0 aliphatic carbocycles. The minimum absolute atomic E-state index is 0.0671. The molecule has 1 aromatic heterocycles. The summed E-state index contributed by atoms with van der Waals surface area (Å²) in [6.07, 6.45) is 3.26. The van der Waals surface area contributed by atoms with Gasteiger partial charge in [0, 0.05) is 49.6 Å². The molecule has 0 saturated heterocycles. The number of hydrogen-bond donors (Lipinski definition) is 1. The number of benzene rings is 2. The molecule has 4 rings (SSSR count). The summed E-state index contributed by atoms with van der Waals surface area (Å²) in [6, 6.07) is 15.7. The molecule has 8 nitrogen and oxygen atoms in total. The molecule has 3 atom stereocenters. The number of nitrogens with zero attached hydrogens (tertiary/aromatic N) is 3. The van der Waals surface area contributed by atoms with Crippen LogP contribution in [0.25, 0.3) is 0 Å². The molecule has 0 spiro atoms. The number of rotatable bonds is 7. The van der Waals surface area contributed by atoms with Crippen LogP contribution in [-0.4, -0.2) is 73.7 Å². The monoisotopic (exact) mass is 549 g/mol. The molecule has 206 valence electrons. The van der Waals surface area contributed by atoms with Gasteiger partial charge < -0.3 is 14.6 Å². The Morgan fingerprint density at radius 3 is 2.72 bits per heavy atom. The van der Waals surface area contributed by atoms with Crippen LogP contribution < -0.4 is 9.47 Å². The second kappa shape index (κ2) is 12.6. The van der Waals surface area contributed by atoms with Crippen molar-refractivity contribution < 1.29 is 23.0 Å². The summed E-state index contributed by atoms with van der Waals surface area (Å²) < 4.78 is 40.7. The summed E-state index contributed by atoms with van der Waals surface area (Å²) in [5.41, 5.74) is 2.42. The summed E-state index contributed by atoms with van der Waals surface area (Å²) in [5.74, 6) is 7.00. The van der Waals surface area contributed by atoms with Gasteiger partial charge in [0.05, 0.1) is 19.3 Å². The van der Waals surface area contributed by atoms with Crippen LogP contribution in [0.1, 0.15) is 30.5 Å². The Morgan fingerprint density at radius 1 is 1.21 bits per heavy atom. The Kier molecular flexibility index (Phi) is 9.25. The third-order valence-corrected chi connectivity index (χ3v) is 8.80. The molecule has 0 fully saturated rings. The van der Waals surface area contributed by atoms with Crippen LogP contribution >= 0.6 is 0 Å². The lowest BCUT2D eigenvalue weighted by molar-refractivity contribution is 0.0733. The maximum atomic E-state index is 13.7. The Bertz CT molecular complexity index is 1440. The van der Waals surface area contributed by atoms with E-state index in [0.717, 1.165) is 11.1 Å². The van der Waals surface area contributed by atoms with Crippen molar-refractivity contribution in [2.24, 2.45) is 5.92 Å². The van der Waals surface area contributed by atoms with E-state index in [2.05, 4.69) is 21.7 Å². The summed E-state index contributed by atoms with van der Waals surface area (Å²) in [5, 5.41) is 9.88. The van der Waals surface area contributed by atoms with Gasteiger partial charge in [0.25, 0.3) is 0 Å². The maximum Gasteiger partial charge on any atom is 0.247 e. The highest BCUT2D eigenvalue weighted by atomic mass is 32.2. The normalized spacial score (nSPS) is 19.5. The van der Waals surface area contributed by atoms with E-state index in [9.17, 15) is 13.5 Å². The molecular formula is C30H35N3O5S. The fourth-order valence-electron chi connectivity index (χ4n) is 4.58. The molecule has 2 heterocycles. The number of pyridine rings is 1. The molecular weight excluding hydrogens is 514 g/mol. The van der Waals surface area contributed by atoms with Crippen molar-refractivity contribution in [3.05, 3.63) is 83.7 Å². The molecule has 0 radical (unpaired) electrons. The number of para-hydroxylation sites is 1. The number of ether oxygens (including phenoxy) is 2. The van der Waals surface area contributed by atoms with Crippen LogP contribution in [-0.2, 0) is 16.6 Å². The van der Waals surface area contributed by atoms with E-state index in [-0.39, 0.29) is 35.8 Å². The van der Waals surface area contributed by atoms with Crippen molar-refractivity contribution in [2.75, 3.05) is 33.9 Å².